The summed E-state index contributed by atoms with van der Waals surface area (Å²) in [5.41, 5.74) is 34.1. The van der Waals surface area contributed by atoms with Crippen LogP contribution in [-0.4, -0.2) is 32.0 Å². The fraction of sp³-hybridized carbons (Fsp3) is 0. The molecule has 658 valence electrons. The van der Waals surface area contributed by atoms with Crippen molar-refractivity contribution in [3.63, 3.8) is 0 Å². The molecule has 9 aromatic heterocycles. The first kappa shape index (κ1) is 79.8. The van der Waals surface area contributed by atoms with Crippen LogP contribution in [0.3, 0.4) is 0 Å². The van der Waals surface area contributed by atoms with Crippen LogP contribution in [0.5, 0.6) is 0 Å². The molecule has 0 spiro atoms. The number of rotatable bonds is 10. The standard InChI is InChI=1S/C48H31N3.C42H26N2O.C42H26N2S/c1-4-14-34(15-5-1)49-41-22-12-10-20-37(41)39-30-32(24-26-43(39)49)33-25-27-44-40(31-33)48-46(51(44)36-18-8-3-9-19-36)29-28-45-47(48)38-21-11-13-23-42(38)50(45)35-16-6-2-7-17-35;1-3-11-29(12-4-1)43-35-17-9-7-16-33(35)41-37(43)23-24-38-42(41)34-25-27(20-22-36(34)44(38)30-13-5-2-6-14-30)28-19-21-32-31-15-8-10-18-39(31)45-40(32)26-28;1-3-11-29(12-4-1)43-35-17-9-7-16-32(35)41-37(43)22-23-38-42(41)34-26-27(19-21-36(34)44(38)30-13-5-2-6-14-30)28-20-24-40-33(25-28)31-15-8-10-18-39(31)45-40/h1-31H;2*1-26H. The monoisotopic (exact) mass is 1810 g/mol. The Kier molecular flexibility index (Phi) is 18.1. The van der Waals surface area contributed by atoms with Gasteiger partial charge in [0.2, 0.25) is 0 Å². The van der Waals surface area contributed by atoms with Crippen molar-refractivity contribution in [2.75, 3.05) is 0 Å². The van der Waals surface area contributed by atoms with Crippen molar-refractivity contribution < 1.29 is 4.42 Å². The van der Waals surface area contributed by atoms with Crippen LogP contribution in [-0.2, 0) is 0 Å². The SMILES string of the molecule is c1ccc(-n2c3ccccc3c3c4c5cc(-c6ccc7c(c6)oc6ccccc67)ccc5n(-c5ccccc5)c4ccc32)cc1.c1ccc(-n2c3ccccc3c3c4c5cc(-c6ccc7sc8ccccc8c7c6)ccc5n(-c5ccccc5)c4ccc32)cc1.c1ccc(-n2c3ccccc3c3cc(-c4ccc5c(c4)c4c6c7ccccc7n(-c7ccccc7)c6ccc4n5-c4ccccc4)ccc32)cc1. The van der Waals surface area contributed by atoms with Crippen molar-refractivity contribution in [3.8, 4) is 73.2 Å². The number of hydrogen-bond donors (Lipinski definition) is 0. The Bertz CT molecular complexity index is 10500. The van der Waals surface area contributed by atoms with E-state index in [-0.39, 0.29) is 0 Å². The largest absolute Gasteiger partial charge is 0.456 e. The minimum absolute atomic E-state index is 0.911. The molecule has 9 heterocycles. The highest BCUT2D eigenvalue weighted by molar-refractivity contribution is 7.25. The first-order chi connectivity index (χ1) is 70.0. The molecule has 0 atom stereocenters. The number of furan rings is 1. The minimum atomic E-state index is 0.911. The molecule has 0 saturated heterocycles. The quantitative estimate of drug-likeness (QED) is 0.135. The second-order valence-electron chi connectivity index (χ2n) is 36.9. The molecule has 8 nitrogen and oxygen atoms in total. The van der Waals surface area contributed by atoms with Crippen LogP contribution in [0.1, 0.15) is 0 Å². The van der Waals surface area contributed by atoms with Gasteiger partial charge >= 0.3 is 0 Å². The Morgan fingerprint density at radius 1 is 0.128 bits per heavy atom. The third-order valence-electron chi connectivity index (χ3n) is 29.2. The topological polar surface area (TPSA) is 47.6 Å². The average Bonchev–Trinajstić information content (AvgIpc) is 1.55. The second-order valence-corrected chi connectivity index (χ2v) is 38.0. The molecule has 31 aromatic rings. The zero-order chi connectivity index (χ0) is 92.4. The van der Waals surface area contributed by atoms with Gasteiger partial charge in [-0.1, -0.05) is 273 Å². The van der Waals surface area contributed by atoms with Crippen LogP contribution in [0.4, 0.5) is 0 Å². The van der Waals surface area contributed by atoms with Crippen LogP contribution >= 0.6 is 11.3 Å². The van der Waals surface area contributed by atoms with Gasteiger partial charge in [-0.15, -0.1) is 11.3 Å². The maximum absolute atomic E-state index is 6.28. The summed E-state index contributed by atoms with van der Waals surface area (Å²) in [5.74, 6) is 0. The van der Waals surface area contributed by atoms with Crippen molar-refractivity contribution in [1.29, 1.82) is 0 Å². The van der Waals surface area contributed by atoms with Crippen molar-refractivity contribution in [3.05, 3.63) is 504 Å². The van der Waals surface area contributed by atoms with Gasteiger partial charge in [-0.25, -0.2) is 0 Å². The maximum atomic E-state index is 6.28. The maximum Gasteiger partial charge on any atom is 0.136 e. The van der Waals surface area contributed by atoms with Crippen LogP contribution in [0.2, 0.25) is 0 Å². The summed E-state index contributed by atoms with van der Waals surface area (Å²) in [5, 5.41) is 22.7. The lowest BCUT2D eigenvalue weighted by molar-refractivity contribution is 0.669. The number of fused-ring (bicyclic) bond motifs is 30. The second kappa shape index (κ2) is 32.1. The van der Waals surface area contributed by atoms with Crippen LogP contribution in [0, 0.1) is 0 Å². The number of para-hydroxylation sites is 12. The molecule has 31 rings (SSSR count). The Labute approximate surface area is 813 Å². The molecule has 141 heavy (non-hydrogen) atoms. The summed E-state index contributed by atoms with van der Waals surface area (Å²) in [6.07, 6.45) is 0. The van der Waals surface area contributed by atoms with Crippen molar-refractivity contribution in [1.82, 2.24) is 32.0 Å². The number of aromatic nitrogens is 7. The third kappa shape index (κ3) is 12.5. The summed E-state index contributed by atoms with van der Waals surface area (Å²) < 4.78 is 25.8. The molecule has 0 unspecified atom stereocenters. The summed E-state index contributed by atoms with van der Waals surface area (Å²) in [6, 6.07) is 183. The van der Waals surface area contributed by atoms with Gasteiger partial charge < -0.3 is 36.4 Å². The number of thiophene rings is 1. The predicted molar refractivity (Wildman–Crippen MR) is 596 cm³/mol. The van der Waals surface area contributed by atoms with E-state index in [0.717, 1.165) is 44.6 Å². The highest BCUT2D eigenvalue weighted by Crippen LogP contribution is 2.50. The van der Waals surface area contributed by atoms with Crippen molar-refractivity contribution in [2.45, 2.75) is 0 Å². The van der Waals surface area contributed by atoms with E-state index in [9.17, 15) is 0 Å². The van der Waals surface area contributed by atoms with E-state index in [4.69, 9.17) is 4.42 Å². The van der Waals surface area contributed by atoms with Crippen LogP contribution in [0.15, 0.2) is 508 Å². The summed E-state index contributed by atoms with van der Waals surface area (Å²) in [6.45, 7) is 0. The Morgan fingerprint density at radius 3 is 0.709 bits per heavy atom. The highest BCUT2D eigenvalue weighted by atomic mass is 32.1. The van der Waals surface area contributed by atoms with Gasteiger partial charge in [-0.05, 0) is 264 Å². The molecule has 0 saturated carbocycles. The summed E-state index contributed by atoms with van der Waals surface area (Å²) in [4.78, 5) is 0. The van der Waals surface area contributed by atoms with E-state index in [0.29, 0.717) is 0 Å². The molecular formula is C132H83N7OS. The molecule has 0 amide bonds. The molecule has 9 heteroatoms. The van der Waals surface area contributed by atoms with E-state index < -0.39 is 0 Å². The smallest absolute Gasteiger partial charge is 0.136 e. The first-order valence-electron chi connectivity index (χ1n) is 48.3. The fourth-order valence-electron chi connectivity index (χ4n) is 23.2. The lowest BCUT2D eigenvalue weighted by atomic mass is 9.99. The zero-order valence-electron chi connectivity index (χ0n) is 76.4. The Balaban J connectivity index is 0.000000102. The van der Waals surface area contributed by atoms with E-state index in [1.807, 2.05) is 23.5 Å². The molecule has 0 aliphatic heterocycles. The van der Waals surface area contributed by atoms with Gasteiger partial charge in [0.05, 0.1) is 77.2 Å². The molecular weight excluding hydrogens is 1730 g/mol. The molecule has 0 N–H and O–H groups in total. The lowest BCUT2D eigenvalue weighted by Gasteiger charge is -2.09. The molecule has 0 fully saturated rings. The lowest BCUT2D eigenvalue weighted by Crippen LogP contribution is -1.94. The Hall–Kier alpha value is -18.5. The van der Waals surface area contributed by atoms with Gasteiger partial charge in [0.25, 0.3) is 0 Å². The minimum Gasteiger partial charge on any atom is -0.456 e. The Morgan fingerprint density at radius 2 is 0.348 bits per heavy atom. The number of hydrogen-bond acceptors (Lipinski definition) is 2. The van der Waals surface area contributed by atoms with E-state index in [1.54, 1.807) is 0 Å². The zero-order valence-corrected chi connectivity index (χ0v) is 77.2. The third-order valence-corrected chi connectivity index (χ3v) is 30.4. The van der Waals surface area contributed by atoms with E-state index in [2.05, 4.69) is 523 Å². The van der Waals surface area contributed by atoms with Gasteiger partial charge in [-0.3, -0.25) is 0 Å². The van der Waals surface area contributed by atoms with Crippen LogP contribution < -0.4 is 0 Å². The van der Waals surface area contributed by atoms with Gasteiger partial charge in [-0.2, -0.15) is 0 Å². The average molecular weight is 1820 g/mol. The molecule has 0 aliphatic rings. The van der Waals surface area contributed by atoms with E-state index >= 15 is 0 Å². The van der Waals surface area contributed by atoms with E-state index in [1.165, 1.54) is 223 Å². The van der Waals surface area contributed by atoms with Gasteiger partial charge in [0, 0.05) is 146 Å². The van der Waals surface area contributed by atoms with Crippen molar-refractivity contribution in [2.24, 2.45) is 0 Å². The molecule has 0 radical (unpaired) electrons. The molecule has 0 aliphatic carbocycles. The first-order valence-corrected chi connectivity index (χ1v) is 49.1. The fourth-order valence-corrected chi connectivity index (χ4v) is 24.3. The number of benzene rings is 22. The predicted octanol–water partition coefficient (Wildman–Crippen LogP) is 36.0. The summed E-state index contributed by atoms with van der Waals surface area (Å²) in [7, 11) is 0. The number of nitrogens with zero attached hydrogens (tertiary/aromatic N) is 7. The van der Waals surface area contributed by atoms with Gasteiger partial charge in [0.15, 0.2) is 0 Å². The summed E-state index contributed by atoms with van der Waals surface area (Å²) >= 11 is 1.87. The van der Waals surface area contributed by atoms with Crippen molar-refractivity contribution >= 4 is 206 Å². The van der Waals surface area contributed by atoms with Crippen LogP contribution in [0.25, 0.3) is 268 Å². The normalized spacial score (nSPS) is 12.0. The molecule has 22 aromatic carbocycles. The highest BCUT2D eigenvalue weighted by Gasteiger charge is 2.28. The van der Waals surface area contributed by atoms with Gasteiger partial charge in [0.1, 0.15) is 11.2 Å². The molecule has 0 bridgehead atoms.